The highest BCUT2D eigenvalue weighted by Gasteiger charge is 2.09. The summed E-state index contributed by atoms with van der Waals surface area (Å²) in [5.41, 5.74) is 0.434. The molecule has 0 fully saturated rings. The molecule has 0 amide bonds. The summed E-state index contributed by atoms with van der Waals surface area (Å²) in [6, 6.07) is 7.51. The van der Waals surface area contributed by atoms with Gasteiger partial charge in [-0.25, -0.2) is 4.79 Å². The number of nitrogens with zero attached hydrogens (tertiary/aromatic N) is 2. The summed E-state index contributed by atoms with van der Waals surface area (Å²) in [5.74, 6) is 0.323. The molecular weight excluding hydrogens is 312 g/mol. The third-order valence-corrected chi connectivity index (χ3v) is 3.01. The molecule has 19 heavy (non-hydrogen) atoms. The minimum Gasteiger partial charge on any atom is -0.489 e. The van der Waals surface area contributed by atoms with Crippen molar-refractivity contribution >= 4 is 21.9 Å². The first-order valence-electron chi connectivity index (χ1n) is 5.70. The number of carbonyl (C=O) groups excluding carboxylic acids is 1. The number of esters is 1. The molecule has 0 spiro atoms. The standard InChI is InChI=1S/C13H13BrN2O3/c1-16-9-10(8-15-16)13(17)19-7-6-18-12-5-3-2-4-11(12)14/h2-5,8-9H,6-7H2,1H3. The SMILES string of the molecule is Cn1cc(C(=O)OCCOc2ccccc2Br)cn1. The molecule has 1 aromatic carbocycles. The maximum atomic E-state index is 11.6. The summed E-state index contributed by atoms with van der Waals surface area (Å²) >= 11 is 3.37. The van der Waals surface area contributed by atoms with Gasteiger partial charge in [0.15, 0.2) is 0 Å². The van der Waals surface area contributed by atoms with E-state index < -0.39 is 5.97 Å². The smallest absolute Gasteiger partial charge is 0.341 e. The van der Waals surface area contributed by atoms with Gasteiger partial charge in [-0.15, -0.1) is 0 Å². The minimum absolute atomic E-state index is 0.190. The molecule has 5 nitrogen and oxygen atoms in total. The Bertz CT molecular complexity index is 569. The number of aromatic nitrogens is 2. The van der Waals surface area contributed by atoms with Crippen LogP contribution in [0.25, 0.3) is 0 Å². The lowest BCUT2D eigenvalue weighted by Crippen LogP contribution is -2.12. The summed E-state index contributed by atoms with van der Waals surface area (Å²) in [6.07, 6.45) is 3.08. The quantitative estimate of drug-likeness (QED) is 0.626. The summed E-state index contributed by atoms with van der Waals surface area (Å²) in [4.78, 5) is 11.6. The van der Waals surface area contributed by atoms with Gasteiger partial charge in [-0.2, -0.15) is 5.10 Å². The van der Waals surface area contributed by atoms with Crippen LogP contribution in [0.15, 0.2) is 41.1 Å². The number of benzene rings is 1. The van der Waals surface area contributed by atoms with Gasteiger partial charge in [0.25, 0.3) is 0 Å². The summed E-state index contributed by atoms with van der Waals surface area (Å²) in [6.45, 7) is 0.490. The van der Waals surface area contributed by atoms with Gasteiger partial charge in [0.1, 0.15) is 19.0 Å². The van der Waals surface area contributed by atoms with Gasteiger partial charge in [-0.3, -0.25) is 4.68 Å². The van der Waals surface area contributed by atoms with E-state index in [0.717, 1.165) is 10.2 Å². The maximum Gasteiger partial charge on any atom is 0.341 e. The highest BCUT2D eigenvalue weighted by molar-refractivity contribution is 9.10. The van der Waals surface area contributed by atoms with Crippen molar-refractivity contribution in [3.63, 3.8) is 0 Å². The van der Waals surface area contributed by atoms with E-state index >= 15 is 0 Å². The molecule has 100 valence electrons. The molecule has 1 heterocycles. The van der Waals surface area contributed by atoms with Crippen LogP contribution in [0.2, 0.25) is 0 Å². The van der Waals surface area contributed by atoms with Gasteiger partial charge in [0.05, 0.1) is 16.2 Å². The largest absolute Gasteiger partial charge is 0.489 e. The Balaban J connectivity index is 1.75. The monoisotopic (exact) mass is 324 g/mol. The van der Waals surface area contributed by atoms with Crippen LogP contribution in [-0.4, -0.2) is 29.0 Å². The fourth-order valence-corrected chi connectivity index (χ4v) is 1.86. The Labute approximate surface area is 119 Å². The van der Waals surface area contributed by atoms with Crippen LogP contribution in [0, 0.1) is 0 Å². The predicted octanol–water partition coefficient (Wildman–Crippen LogP) is 2.42. The molecule has 0 radical (unpaired) electrons. The zero-order valence-corrected chi connectivity index (χ0v) is 12.0. The van der Waals surface area contributed by atoms with Gasteiger partial charge in [-0.1, -0.05) is 12.1 Å². The van der Waals surface area contributed by atoms with Gasteiger partial charge in [-0.05, 0) is 28.1 Å². The van der Waals surface area contributed by atoms with Crippen molar-refractivity contribution in [3.05, 3.63) is 46.7 Å². The molecule has 2 rings (SSSR count). The van der Waals surface area contributed by atoms with Gasteiger partial charge in [0, 0.05) is 13.2 Å². The second-order valence-electron chi connectivity index (χ2n) is 3.82. The van der Waals surface area contributed by atoms with Crippen molar-refractivity contribution in [3.8, 4) is 5.75 Å². The Hall–Kier alpha value is -1.82. The lowest BCUT2D eigenvalue weighted by Gasteiger charge is -2.08. The summed E-state index contributed by atoms with van der Waals surface area (Å²) < 4.78 is 13.0. The zero-order chi connectivity index (χ0) is 13.7. The van der Waals surface area contributed by atoms with E-state index in [-0.39, 0.29) is 6.61 Å². The van der Waals surface area contributed by atoms with Crippen LogP contribution in [0.1, 0.15) is 10.4 Å². The average Bonchev–Trinajstić information content (AvgIpc) is 2.83. The van der Waals surface area contributed by atoms with Crippen molar-refractivity contribution in [2.45, 2.75) is 0 Å². The van der Waals surface area contributed by atoms with E-state index in [0.29, 0.717) is 12.2 Å². The molecule has 0 aliphatic rings. The molecule has 0 saturated heterocycles. The molecule has 0 atom stereocenters. The first-order valence-corrected chi connectivity index (χ1v) is 6.49. The molecule has 0 N–H and O–H groups in total. The number of halogens is 1. The molecule has 0 saturated carbocycles. The van der Waals surface area contributed by atoms with Crippen LogP contribution >= 0.6 is 15.9 Å². The molecule has 2 aromatic rings. The molecule has 0 bridgehead atoms. The van der Waals surface area contributed by atoms with Crippen LogP contribution in [0.5, 0.6) is 5.75 Å². The van der Waals surface area contributed by atoms with Crippen LogP contribution < -0.4 is 4.74 Å². The number of hydrogen-bond acceptors (Lipinski definition) is 4. The Morgan fingerprint density at radius 2 is 2.16 bits per heavy atom. The third kappa shape index (κ3) is 3.82. The molecule has 1 aromatic heterocycles. The van der Waals surface area contributed by atoms with Crippen molar-refractivity contribution in [2.75, 3.05) is 13.2 Å². The van der Waals surface area contributed by atoms with Crippen molar-refractivity contribution < 1.29 is 14.3 Å². The van der Waals surface area contributed by atoms with Crippen LogP contribution in [0.4, 0.5) is 0 Å². The number of aryl methyl sites for hydroxylation is 1. The Morgan fingerprint density at radius 3 is 2.84 bits per heavy atom. The maximum absolute atomic E-state index is 11.6. The Kier molecular flexibility index (Phi) is 4.57. The van der Waals surface area contributed by atoms with E-state index in [1.54, 1.807) is 17.9 Å². The van der Waals surface area contributed by atoms with Crippen LogP contribution in [0.3, 0.4) is 0 Å². The summed E-state index contributed by atoms with van der Waals surface area (Å²) in [5, 5.41) is 3.90. The van der Waals surface area contributed by atoms with E-state index in [2.05, 4.69) is 21.0 Å². The third-order valence-electron chi connectivity index (χ3n) is 2.35. The van der Waals surface area contributed by atoms with Gasteiger partial charge < -0.3 is 9.47 Å². The Morgan fingerprint density at radius 1 is 1.37 bits per heavy atom. The second kappa shape index (κ2) is 6.38. The average molecular weight is 325 g/mol. The van der Waals surface area contributed by atoms with Gasteiger partial charge in [0.2, 0.25) is 0 Å². The number of hydrogen-bond donors (Lipinski definition) is 0. The highest BCUT2D eigenvalue weighted by atomic mass is 79.9. The molecule has 0 unspecified atom stereocenters. The van der Waals surface area contributed by atoms with Crippen molar-refractivity contribution in [1.29, 1.82) is 0 Å². The zero-order valence-electron chi connectivity index (χ0n) is 10.4. The van der Waals surface area contributed by atoms with E-state index in [9.17, 15) is 4.79 Å². The lowest BCUT2D eigenvalue weighted by molar-refractivity contribution is 0.0450. The number of ether oxygens (including phenoxy) is 2. The number of carbonyl (C=O) groups is 1. The number of para-hydroxylation sites is 1. The fourth-order valence-electron chi connectivity index (χ4n) is 1.46. The molecule has 0 aliphatic heterocycles. The minimum atomic E-state index is -0.399. The first kappa shape index (κ1) is 13.6. The number of rotatable bonds is 5. The topological polar surface area (TPSA) is 53.4 Å². The van der Waals surface area contributed by atoms with Crippen molar-refractivity contribution in [2.24, 2.45) is 7.05 Å². The first-order chi connectivity index (χ1) is 9.16. The predicted molar refractivity (Wildman–Crippen MR) is 73.1 cm³/mol. The van der Waals surface area contributed by atoms with Crippen molar-refractivity contribution in [1.82, 2.24) is 9.78 Å². The van der Waals surface area contributed by atoms with E-state index in [1.165, 1.54) is 6.20 Å². The van der Waals surface area contributed by atoms with E-state index in [4.69, 9.17) is 9.47 Å². The highest BCUT2D eigenvalue weighted by Crippen LogP contribution is 2.23. The summed E-state index contributed by atoms with van der Waals surface area (Å²) in [7, 11) is 1.74. The van der Waals surface area contributed by atoms with Crippen LogP contribution in [-0.2, 0) is 11.8 Å². The lowest BCUT2D eigenvalue weighted by atomic mass is 10.3. The molecular formula is C13H13BrN2O3. The van der Waals surface area contributed by atoms with Gasteiger partial charge >= 0.3 is 5.97 Å². The normalized spacial score (nSPS) is 10.2. The fraction of sp³-hybridized carbons (Fsp3) is 0.231. The molecule has 0 aliphatic carbocycles. The molecule has 6 heteroatoms. The second-order valence-corrected chi connectivity index (χ2v) is 4.67. The van der Waals surface area contributed by atoms with E-state index in [1.807, 2.05) is 24.3 Å².